The van der Waals surface area contributed by atoms with Gasteiger partial charge in [-0.05, 0) is 37.3 Å². The van der Waals surface area contributed by atoms with Gasteiger partial charge in [0.15, 0.2) is 0 Å². The number of nitrogens with two attached hydrogens (primary N) is 1. The Balaban J connectivity index is 2.15. The molecule has 0 bridgehead atoms. The monoisotopic (exact) mass is 298 g/mol. The van der Waals surface area contributed by atoms with Crippen LogP contribution in [-0.4, -0.2) is 4.98 Å². The first kappa shape index (κ1) is 13.7. The van der Waals surface area contributed by atoms with Gasteiger partial charge in [0, 0.05) is 22.0 Å². The molecule has 0 saturated heterocycles. The zero-order chi connectivity index (χ0) is 13.1. The van der Waals surface area contributed by atoms with E-state index in [9.17, 15) is 0 Å². The second-order valence-electron chi connectivity index (χ2n) is 3.89. The highest BCUT2D eigenvalue weighted by molar-refractivity contribution is 7.99. The van der Waals surface area contributed by atoms with Crippen molar-refractivity contribution in [2.24, 2.45) is 5.73 Å². The summed E-state index contributed by atoms with van der Waals surface area (Å²) in [6, 6.07) is 9.44. The van der Waals surface area contributed by atoms with Gasteiger partial charge in [-0.25, -0.2) is 0 Å². The van der Waals surface area contributed by atoms with Crippen LogP contribution in [-0.2, 0) is 0 Å². The Morgan fingerprint density at radius 3 is 2.39 bits per heavy atom. The van der Waals surface area contributed by atoms with Gasteiger partial charge < -0.3 is 5.73 Å². The van der Waals surface area contributed by atoms with Gasteiger partial charge in [-0.1, -0.05) is 35.0 Å². The van der Waals surface area contributed by atoms with E-state index in [1.807, 2.05) is 37.4 Å². The van der Waals surface area contributed by atoms with E-state index in [1.165, 1.54) is 0 Å². The normalized spacial score (nSPS) is 12.4. The number of halogens is 2. The Bertz CT molecular complexity index is 541. The first-order valence-electron chi connectivity index (χ1n) is 5.40. The predicted molar refractivity (Wildman–Crippen MR) is 77.4 cm³/mol. The molecule has 2 nitrogen and oxygen atoms in total. The second kappa shape index (κ2) is 5.93. The number of aromatic nitrogens is 1. The summed E-state index contributed by atoms with van der Waals surface area (Å²) in [5.74, 6) is 0. The highest BCUT2D eigenvalue weighted by Crippen LogP contribution is 2.32. The Morgan fingerprint density at radius 1 is 1.11 bits per heavy atom. The van der Waals surface area contributed by atoms with Crippen LogP contribution in [0.3, 0.4) is 0 Å². The summed E-state index contributed by atoms with van der Waals surface area (Å²) in [6.07, 6.45) is 1.81. The number of hydrogen-bond acceptors (Lipinski definition) is 3. The van der Waals surface area contributed by atoms with Gasteiger partial charge >= 0.3 is 0 Å². The maximum Gasteiger partial charge on any atom is 0.0603 e. The van der Waals surface area contributed by atoms with Crippen molar-refractivity contribution in [1.82, 2.24) is 4.98 Å². The van der Waals surface area contributed by atoms with Gasteiger partial charge in [0.25, 0.3) is 0 Å². The molecule has 5 heteroatoms. The number of pyridine rings is 1. The molecule has 0 aliphatic rings. The lowest BCUT2D eigenvalue weighted by Gasteiger charge is -2.06. The van der Waals surface area contributed by atoms with E-state index in [0.29, 0.717) is 10.0 Å². The molecule has 0 fully saturated rings. The van der Waals surface area contributed by atoms with E-state index >= 15 is 0 Å². The molecular weight excluding hydrogens is 287 g/mol. The summed E-state index contributed by atoms with van der Waals surface area (Å²) in [4.78, 5) is 6.38. The van der Waals surface area contributed by atoms with Crippen molar-refractivity contribution < 1.29 is 0 Å². The quantitative estimate of drug-likeness (QED) is 0.903. The molecule has 0 aliphatic heterocycles. The maximum absolute atomic E-state index is 5.97. The zero-order valence-corrected chi connectivity index (χ0v) is 12.1. The van der Waals surface area contributed by atoms with Crippen LogP contribution in [0, 0.1) is 0 Å². The Labute approximate surface area is 121 Å². The third-order valence-corrected chi connectivity index (χ3v) is 4.06. The van der Waals surface area contributed by atoms with Crippen molar-refractivity contribution in [3.8, 4) is 0 Å². The third kappa shape index (κ3) is 3.39. The molecule has 1 atom stereocenters. The smallest absolute Gasteiger partial charge is 0.0603 e. The molecule has 0 radical (unpaired) electrons. The van der Waals surface area contributed by atoms with Gasteiger partial charge in [-0.3, -0.25) is 4.98 Å². The van der Waals surface area contributed by atoms with E-state index in [-0.39, 0.29) is 6.04 Å². The van der Waals surface area contributed by atoms with E-state index < -0.39 is 0 Å². The lowest BCUT2D eigenvalue weighted by molar-refractivity contribution is 0.777. The molecule has 2 N–H and O–H groups in total. The van der Waals surface area contributed by atoms with Crippen LogP contribution in [0.5, 0.6) is 0 Å². The first-order chi connectivity index (χ1) is 8.56. The van der Waals surface area contributed by atoms with E-state index in [2.05, 4.69) is 4.98 Å². The molecule has 0 aliphatic carbocycles. The minimum Gasteiger partial charge on any atom is -0.323 e. The molecule has 1 unspecified atom stereocenters. The van der Waals surface area contributed by atoms with Crippen LogP contribution < -0.4 is 5.73 Å². The molecule has 1 aromatic heterocycles. The van der Waals surface area contributed by atoms with Gasteiger partial charge in [0.2, 0.25) is 0 Å². The zero-order valence-electron chi connectivity index (χ0n) is 9.73. The number of nitrogens with zero attached hydrogens (tertiary/aromatic N) is 1. The Hall–Kier alpha value is -0.740. The maximum atomic E-state index is 5.97. The lowest BCUT2D eigenvalue weighted by atomic mass is 10.2. The van der Waals surface area contributed by atoms with Crippen molar-refractivity contribution in [3.63, 3.8) is 0 Å². The van der Waals surface area contributed by atoms with E-state index in [1.54, 1.807) is 17.8 Å². The highest BCUT2D eigenvalue weighted by Gasteiger charge is 2.04. The summed E-state index contributed by atoms with van der Waals surface area (Å²) in [5.41, 5.74) is 6.63. The largest absolute Gasteiger partial charge is 0.323 e. The average Bonchev–Trinajstić information content (AvgIpc) is 2.34. The SMILES string of the molecule is CC(N)c1ccc(Sc2ccc(Cl)c(Cl)c2)cn1. The van der Waals surface area contributed by atoms with Crippen molar-refractivity contribution in [2.45, 2.75) is 22.8 Å². The second-order valence-corrected chi connectivity index (χ2v) is 5.85. The van der Waals surface area contributed by atoms with Crippen molar-refractivity contribution in [1.29, 1.82) is 0 Å². The van der Waals surface area contributed by atoms with E-state index in [0.717, 1.165) is 15.5 Å². The molecular formula is C13H12Cl2N2S. The lowest BCUT2D eigenvalue weighted by Crippen LogP contribution is -2.06. The minimum absolute atomic E-state index is 0.0472. The standard InChI is InChI=1S/C13H12Cl2N2S/c1-8(16)13-5-3-10(7-17-13)18-9-2-4-11(14)12(15)6-9/h2-8H,16H2,1H3. The molecule has 2 aromatic rings. The molecule has 94 valence electrons. The minimum atomic E-state index is -0.0472. The van der Waals surface area contributed by atoms with Gasteiger partial charge in [0.05, 0.1) is 15.7 Å². The summed E-state index contributed by atoms with van der Waals surface area (Å²) in [5, 5.41) is 1.12. The summed E-state index contributed by atoms with van der Waals surface area (Å²) >= 11 is 13.4. The average molecular weight is 299 g/mol. The number of benzene rings is 1. The molecule has 2 rings (SSSR count). The van der Waals surface area contributed by atoms with Crippen LogP contribution in [0.25, 0.3) is 0 Å². The van der Waals surface area contributed by atoms with Crippen LogP contribution in [0.1, 0.15) is 18.7 Å². The highest BCUT2D eigenvalue weighted by atomic mass is 35.5. The molecule has 0 amide bonds. The topological polar surface area (TPSA) is 38.9 Å². The van der Waals surface area contributed by atoms with Crippen LogP contribution >= 0.6 is 35.0 Å². The fourth-order valence-corrected chi connectivity index (χ4v) is 2.59. The van der Waals surface area contributed by atoms with Gasteiger partial charge in [-0.2, -0.15) is 0 Å². The third-order valence-electron chi connectivity index (χ3n) is 2.35. The van der Waals surface area contributed by atoms with Crippen molar-refractivity contribution in [2.75, 3.05) is 0 Å². The van der Waals surface area contributed by atoms with Crippen molar-refractivity contribution >= 4 is 35.0 Å². The fraction of sp³-hybridized carbons (Fsp3) is 0.154. The van der Waals surface area contributed by atoms with E-state index in [4.69, 9.17) is 28.9 Å². The predicted octanol–water partition coefficient (Wildman–Crippen LogP) is 4.56. The number of rotatable bonds is 3. The fourth-order valence-electron chi connectivity index (χ4n) is 1.40. The summed E-state index contributed by atoms with van der Waals surface area (Å²) < 4.78 is 0. The van der Waals surface area contributed by atoms with Crippen molar-refractivity contribution in [3.05, 3.63) is 52.3 Å². The molecule has 0 spiro atoms. The van der Waals surface area contributed by atoms with Crippen LogP contribution in [0.15, 0.2) is 46.3 Å². The van der Waals surface area contributed by atoms with Gasteiger partial charge in [0.1, 0.15) is 0 Å². The molecule has 1 aromatic carbocycles. The summed E-state index contributed by atoms with van der Waals surface area (Å²) in [7, 11) is 0. The van der Waals surface area contributed by atoms with Gasteiger partial charge in [-0.15, -0.1) is 0 Å². The van der Waals surface area contributed by atoms with Crippen LogP contribution in [0.4, 0.5) is 0 Å². The molecule has 0 saturated carbocycles. The number of hydrogen-bond donors (Lipinski definition) is 1. The summed E-state index contributed by atoms with van der Waals surface area (Å²) in [6.45, 7) is 1.91. The first-order valence-corrected chi connectivity index (χ1v) is 6.98. The molecule has 18 heavy (non-hydrogen) atoms. The Kier molecular flexibility index (Phi) is 4.51. The Morgan fingerprint density at radius 2 is 1.83 bits per heavy atom. The van der Waals surface area contributed by atoms with Crippen LogP contribution in [0.2, 0.25) is 10.0 Å². The molecule has 1 heterocycles.